The average molecular weight is 560 g/mol. The highest BCUT2D eigenvalue weighted by Gasteiger charge is 2.17. The van der Waals surface area contributed by atoms with Crippen LogP contribution in [0.5, 0.6) is 0 Å². The van der Waals surface area contributed by atoms with Crippen LogP contribution in [0.25, 0.3) is 0 Å². The smallest absolute Gasteiger partial charge is 0.213 e. The van der Waals surface area contributed by atoms with Gasteiger partial charge in [-0.15, -0.1) is 24.0 Å². The molecule has 2 atom stereocenters. The molecule has 2 unspecified atom stereocenters. The van der Waals surface area contributed by atoms with Crippen molar-refractivity contribution >= 4 is 40.0 Å². The van der Waals surface area contributed by atoms with Crippen molar-refractivity contribution in [3.63, 3.8) is 0 Å². The summed E-state index contributed by atoms with van der Waals surface area (Å²) in [6.07, 6.45) is 2.85. The molecule has 0 aliphatic carbocycles. The molecule has 30 heavy (non-hydrogen) atoms. The fraction of sp³-hybridized carbons (Fsp3) is 0.632. The summed E-state index contributed by atoms with van der Waals surface area (Å²) >= 11 is 0. The molecular formula is C19H31F2IN4O3S. The third-order valence-corrected chi connectivity index (χ3v) is 5.90. The molecule has 1 saturated heterocycles. The van der Waals surface area contributed by atoms with Crippen molar-refractivity contribution in [2.24, 2.45) is 4.99 Å². The van der Waals surface area contributed by atoms with Gasteiger partial charge in [0, 0.05) is 19.7 Å². The molecule has 2 rings (SSSR count). The summed E-state index contributed by atoms with van der Waals surface area (Å²) < 4.78 is 59.0. The summed E-state index contributed by atoms with van der Waals surface area (Å²) in [5.41, 5.74) is 0.552. The zero-order valence-corrected chi connectivity index (χ0v) is 20.4. The van der Waals surface area contributed by atoms with E-state index in [1.165, 1.54) is 6.07 Å². The largest absolute Gasteiger partial charge is 0.377 e. The molecule has 1 fully saturated rings. The van der Waals surface area contributed by atoms with Crippen molar-refractivity contribution in [2.45, 2.75) is 45.3 Å². The number of guanidine groups is 1. The van der Waals surface area contributed by atoms with Gasteiger partial charge in [0.1, 0.15) is 0 Å². The lowest BCUT2D eigenvalue weighted by atomic mass is 10.1. The van der Waals surface area contributed by atoms with Crippen LogP contribution in [0.1, 0.15) is 44.7 Å². The molecule has 0 aromatic heterocycles. The number of nitrogens with one attached hydrogen (secondary N) is 3. The van der Waals surface area contributed by atoms with Gasteiger partial charge in [-0.2, -0.15) is 0 Å². The lowest BCUT2D eigenvalue weighted by Crippen LogP contribution is -2.40. The number of rotatable bonds is 9. The zero-order chi connectivity index (χ0) is 21.3. The van der Waals surface area contributed by atoms with E-state index in [-0.39, 0.29) is 55.0 Å². The maximum absolute atomic E-state index is 13.4. The maximum Gasteiger partial charge on any atom is 0.213 e. The molecule has 172 valence electrons. The summed E-state index contributed by atoms with van der Waals surface area (Å²) in [7, 11) is -3.47. The molecule has 1 aromatic rings. The first-order chi connectivity index (χ1) is 13.8. The number of hydrogen-bond donors (Lipinski definition) is 3. The number of nitrogens with zero attached hydrogens (tertiary/aromatic N) is 1. The third kappa shape index (κ3) is 9.40. The summed E-state index contributed by atoms with van der Waals surface area (Å²) in [6, 6.07) is 3.34. The highest BCUT2D eigenvalue weighted by molar-refractivity contribution is 14.0. The van der Waals surface area contributed by atoms with Crippen molar-refractivity contribution in [1.82, 2.24) is 15.4 Å². The summed E-state index contributed by atoms with van der Waals surface area (Å²) in [5, 5.41) is 6.08. The van der Waals surface area contributed by atoms with Crippen LogP contribution in [0.15, 0.2) is 23.2 Å². The molecule has 11 heteroatoms. The number of halogens is 3. The molecule has 0 radical (unpaired) electrons. The molecule has 3 N–H and O–H groups in total. The third-order valence-electron chi connectivity index (χ3n) is 4.58. The minimum atomic E-state index is -3.47. The highest BCUT2D eigenvalue weighted by Crippen LogP contribution is 2.16. The van der Waals surface area contributed by atoms with E-state index in [2.05, 4.69) is 20.3 Å². The van der Waals surface area contributed by atoms with Crippen LogP contribution in [0, 0.1) is 11.6 Å². The molecule has 1 aliphatic rings. The van der Waals surface area contributed by atoms with Crippen molar-refractivity contribution in [3.8, 4) is 0 Å². The van der Waals surface area contributed by atoms with Gasteiger partial charge in [-0.25, -0.2) is 21.9 Å². The molecule has 0 bridgehead atoms. The summed E-state index contributed by atoms with van der Waals surface area (Å²) in [6.45, 7) is 5.23. The fourth-order valence-corrected chi connectivity index (χ4v) is 3.84. The Morgan fingerprint density at radius 2 is 2.07 bits per heavy atom. The van der Waals surface area contributed by atoms with E-state index in [0.717, 1.165) is 31.4 Å². The van der Waals surface area contributed by atoms with Gasteiger partial charge in [-0.3, -0.25) is 4.99 Å². The predicted molar refractivity (Wildman–Crippen MR) is 125 cm³/mol. The first-order valence-corrected chi connectivity index (χ1v) is 11.5. The Labute approximate surface area is 194 Å². The van der Waals surface area contributed by atoms with E-state index >= 15 is 0 Å². The van der Waals surface area contributed by atoms with Gasteiger partial charge in [-0.05, 0) is 50.8 Å². The molecule has 0 amide bonds. The Hall–Kier alpha value is -1.05. The van der Waals surface area contributed by atoms with Crippen LogP contribution in [0.4, 0.5) is 8.78 Å². The number of benzene rings is 1. The van der Waals surface area contributed by atoms with E-state index in [0.29, 0.717) is 24.7 Å². The Kier molecular flexibility index (Phi) is 12.0. The lowest BCUT2D eigenvalue weighted by molar-refractivity contribution is 0.0200. The van der Waals surface area contributed by atoms with Gasteiger partial charge in [0.15, 0.2) is 17.6 Å². The Morgan fingerprint density at radius 1 is 1.30 bits per heavy atom. The number of ether oxygens (including phenoxy) is 1. The second kappa shape index (κ2) is 13.4. The van der Waals surface area contributed by atoms with E-state index in [1.54, 1.807) is 6.92 Å². The van der Waals surface area contributed by atoms with Gasteiger partial charge in [0.05, 0.1) is 24.4 Å². The number of hydrogen-bond acceptors (Lipinski definition) is 4. The quantitative estimate of drug-likeness (QED) is 0.246. The highest BCUT2D eigenvalue weighted by atomic mass is 127. The van der Waals surface area contributed by atoms with Gasteiger partial charge < -0.3 is 15.4 Å². The molecule has 1 heterocycles. The second-order valence-corrected chi connectivity index (χ2v) is 8.88. The van der Waals surface area contributed by atoms with Gasteiger partial charge in [0.2, 0.25) is 10.0 Å². The number of sulfonamides is 1. The minimum Gasteiger partial charge on any atom is -0.377 e. The van der Waals surface area contributed by atoms with Crippen LogP contribution >= 0.6 is 24.0 Å². The number of aliphatic imine (C=N–C) groups is 1. The van der Waals surface area contributed by atoms with Crippen LogP contribution < -0.4 is 15.4 Å². The van der Waals surface area contributed by atoms with E-state index < -0.39 is 21.7 Å². The normalized spacial score (nSPS) is 18.4. The van der Waals surface area contributed by atoms with E-state index in [9.17, 15) is 17.2 Å². The van der Waals surface area contributed by atoms with E-state index in [1.807, 2.05) is 6.92 Å². The molecular weight excluding hydrogens is 529 g/mol. The second-order valence-electron chi connectivity index (χ2n) is 6.96. The maximum atomic E-state index is 13.4. The molecule has 1 aliphatic heterocycles. The fourth-order valence-electron chi connectivity index (χ4n) is 2.93. The average Bonchev–Trinajstić information content (AvgIpc) is 2.69. The van der Waals surface area contributed by atoms with E-state index in [4.69, 9.17) is 4.74 Å². The predicted octanol–water partition coefficient (Wildman–Crippen LogP) is 2.69. The monoisotopic (exact) mass is 560 g/mol. The summed E-state index contributed by atoms with van der Waals surface area (Å²) in [5.74, 6) is -1.58. The molecule has 0 saturated carbocycles. The molecule has 1 aromatic carbocycles. The van der Waals surface area contributed by atoms with Crippen molar-refractivity contribution < 1.29 is 21.9 Å². The Morgan fingerprint density at radius 3 is 2.70 bits per heavy atom. The first kappa shape index (κ1) is 27.0. The molecule has 0 spiro atoms. The standard InChI is InChI=1S/C19H30F2N4O3S.HI/c1-3-22-19(25-14(2)15-7-8-17(20)18(21)12-15)23-9-11-29(26,27)24-13-16-6-4-5-10-28-16;/h7-8,12,14,16,24H,3-6,9-11,13H2,1-2H3,(H2,22,23,25);1H. The lowest BCUT2D eigenvalue weighted by Gasteiger charge is -2.22. The van der Waals surface area contributed by atoms with Gasteiger partial charge in [-0.1, -0.05) is 6.07 Å². The van der Waals surface area contributed by atoms with Crippen LogP contribution in [-0.4, -0.2) is 52.5 Å². The van der Waals surface area contributed by atoms with Crippen molar-refractivity contribution in [2.75, 3.05) is 32.0 Å². The minimum absolute atomic E-state index is 0. The van der Waals surface area contributed by atoms with Crippen molar-refractivity contribution in [1.29, 1.82) is 0 Å². The first-order valence-electron chi connectivity index (χ1n) is 9.89. The van der Waals surface area contributed by atoms with Crippen molar-refractivity contribution in [3.05, 3.63) is 35.4 Å². The van der Waals surface area contributed by atoms with Crippen LogP contribution in [0.3, 0.4) is 0 Å². The zero-order valence-electron chi connectivity index (χ0n) is 17.3. The van der Waals surface area contributed by atoms with Gasteiger partial charge in [0.25, 0.3) is 0 Å². The summed E-state index contributed by atoms with van der Waals surface area (Å²) in [4.78, 5) is 4.28. The molecule has 7 nitrogen and oxygen atoms in total. The SMILES string of the molecule is CCNC(=NCCS(=O)(=O)NCC1CCCCO1)NC(C)c1ccc(F)c(F)c1.I. The van der Waals surface area contributed by atoms with Crippen LogP contribution in [0.2, 0.25) is 0 Å². The topological polar surface area (TPSA) is 91.8 Å². The Bertz CT molecular complexity index is 790. The van der Waals surface area contributed by atoms with Crippen LogP contribution in [-0.2, 0) is 14.8 Å². The van der Waals surface area contributed by atoms with Gasteiger partial charge >= 0.3 is 0 Å². The Balaban J connectivity index is 0.00000450.